The number of nitrogens with zero attached hydrogens (tertiary/aromatic N) is 3. The summed E-state index contributed by atoms with van der Waals surface area (Å²) in [6.07, 6.45) is 1.58. The van der Waals surface area contributed by atoms with E-state index in [1.807, 2.05) is 44.2 Å². The average Bonchev–Trinajstić information content (AvgIpc) is 2.98. The maximum Gasteiger partial charge on any atom is 0.330 e. The Bertz CT molecular complexity index is 728. The van der Waals surface area contributed by atoms with Crippen molar-refractivity contribution < 1.29 is 9.59 Å². The van der Waals surface area contributed by atoms with Crippen LogP contribution < -0.4 is 15.1 Å². The lowest BCUT2D eigenvalue weighted by atomic mass is 10.2. The van der Waals surface area contributed by atoms with Crippen LogP contribution in [0.25, 0.3) is 0 Å². The number of amides is 3. The van der Waals surface area contributed by atoms with E-state index in [0.29, 0.717) is 24.6 Å². The molecule has 0 spiro atoms. The molecule has 24 heavy (non-hydrogen) atoms. The molecule has 124 valence electrons. The molecule has 1 N–H and O–H groups in total. The first-order valence-electron chi connectivity index (χ1n) is 7.97. The van der Waals surface area contributed by atoms with Gasteiger partial charge in [0, 0.05) is 24.7 Å². The number of nitrogens with one attached hydrogen (secondary N) is 1. The third-order valence-electron chi connectivity index (χ3n) is 3.89. The lowest BCUT2D eigenvalue weighted by Crippen LogP contribution is -2.32. The van der Waals surface area contributed by atoms with Crippen LogP contribution in [0.1, 0.15) is 13.8 Å². The van der Waals surface area contributed by atoms with Gasteiger partial charge in [-0.1, -0.05) is 32.0 Å². The summed E-state index contributed by atoms with van der Waals surface area (Å²) in [5.41, 5.74) is 1.51. The van der Waals surface area contributed by atoms with E-state index in [4.69, 9.17) is 0 Å². The van der Waals surface area contributed by atoms with E-state index in [0.717, 1.165) is 5.69 Å². The number of benzene rings is 1. The number of carbonyl (C=O) groups excluding carboxylic acids is 2. The van der Waals surface area contributed by atoms with Crippen molar-refractivity contribution in [3.63, 3.8) is 0 Å². The van der Waals surface area contributed by atoms with Gasteiger partial charge >= 0.3 is 6.03 Å². The first-order valence-corrected chi connectivity index (χ1v) is 7.97. The summed E-state index contributed by atoms with van der Waals surface area (Å²) >= 11 is 0. The number of pyridine rings is 1. The quantitative estimate of drug-likeness (QED) is 0.939. The SMILES string of the molecule is CC(C)C(=O)Nc1ccc(N2CCN(c3ccccc3)C2=O)nc1. The molecule has 6 nitrogen and oxygen atoms in total. The first kappa shape index (κ1) is 16.0. The van der Waals surface area contributed by atoms with Crippen LogP contribution in [0, 0.1) is 5.92 Å². The van der Waals surface area contributed by atoms with Crippen LogP contribution >= 0.6 is 0 Å². The van der Waals surface area contributed by atoms with Crippen molar-refractivity contribution in [2.75, 3.05) is 28.2 Å². The molecule has 3 amide bonds. The molecular formula is C18H20N4O2. The highest BCUT2D eigenvalue weighted by molar-refractivity contribution is 6.05. The van der Waals surface area contributed by atoms with E-state index in [1.54, 1.807) is 28.1 Å². The lowest BCUT2D eigenvalue weighted by Gasteiger charge is -2.18. The summed E-state index contributed by atoms with van der Waals surface area (Å²) in [5, 5.41) is 2.79. The fraction of sp³-hybridized carbons (Fsp3) is 0.278. The summed E-state index contributed by atoms with van der Waals surface area (Å²) in [5.74, 6) is 0.433. The summed E-state index contributed by atoms with van der Waals surface area (Å²) in [6, 6.07) is 13.0. The summed E-state index contributed by atoms with van der Waals surface area (Å²) in [4.78, 5) is 32.0. The molecule has 6 heteroatoms. The molecule has 2 aromatic rings. The molecule has 1 aliphatic rings. The van der Waals surface area contributed by atoms with E-state index in [2.05, 4.69) is 10.3 Å². The van der Waals surface area contributed by atoms with Gasteiger partial charge in [0.25, 0.3) is 0 Å². The van der Waals surface area contributed by atoms with Gasteiger partial charge in [0.2, 0.25) is 5.91 Å². The smallest absolute Gasteiger partial charge is 0.325 e. The molecule has 1 saturated heterocycles. The van der Waals surface area contributed by atoms with Crippen LogP contribution in [0.5, 0.6) is 0 Å². The average molecular weight is 324 g/mol. The molecule has 1 aromatic heterocycles. The minimum absolute atomic E-state index is 0.0583. The fourth-order valence-electron chi connectivity index (χ4n) is 2.50. The molecule has 0 aliphatic carbocycles. The van der Waals surface area contributed by atoms with E-state index in [-0.39, 0.29) is 17.9 Å². The van der Waals surface area contributed by atoms with E-state index < -0.39 is 0 Å². The molecule has 1 aliphatic heterocycles. The summed E-state index contributed by atoms with van der Waals surface area (Å²) in [6.45, 7) is 4.87. The highest BCUT2D eigenvalue weighted by Gasteiger charge is 2.31. The molecule has 0 saturated carbocycles. The Morgan fingerprint density at radius 1 is 1.08 bits per heavy atom. The highest BCUT2D eigenvalue weighted by Crippen LogP contribution is 2.24. The van der Waals surface area contributed by atoms with Crippen molar-refractivity contribution in [1.29, 1.82) is 0 Å². The molecule has 1 fully saturated rings. The lowest BCUT2D eigenvalue weighted by molar-refractivity contribution is -0.118. The van der Waals surface area contributed by atoms with Crippen molar-refractivity contribution in [2.24, 2.45) is 5.92 Å². The number of hydrogen-bond donors (Lipinski definition) is 1. The topological polar surface area (TPSA) is 65.5 Å². The van der Waals surface area contributed by atoms with Crippen LogP contribution in [0.15, 0.2) is 48.7 Å². The van der Waals surface area contributed by atoms with Gasteiger partial charge in [-0.3, -0.25) is 14.6 Å². The van der Waals surface area contributed by atoms with Gasteiger partial charge in [-0.2, -0.15) is 0 Å². The second kappa shape index (κ2) is 6.70. The molecule has 0 unspecified atom stereocenters. The summed E-state index contributed by atoms with van der Waals surface area (Å²) in [7, 11) is 0. The largest absolute Gasteiger partial charge is 0.330 e. The first-order chi connectivity index (χ1) is 11.6. The Hall–Kier alpha value is -2.89. The Balaban J connectivity index is 1.71. The Labute approximate surface area is 141 Å². The zero-order chi connectivity index (χ0) is 17.1. The van der Waals surface area contributed by atoms with Gasteiger partial charge in [-0.05, 0) is 24.3 Å². The zero-order valence-electron chi connectivity index (χ0n) is 13.8. The molecule has 0 radical (unpaired) electrons. The molecule has 3 rings (SSSR count). The predicted octanol–water partition coefficient (Wildman–Crippen LogP) is 3.12. The van der Waals surface area contributed by atoms with Crippen LogP contribution in [0.2, 0.25) is 0 Å². The predicted molar refractivity (Wildman–Crippen MR) is 94.2 cm³/mol. The molecule has 1 aromatic carbocycles. The number of aromatic nitrogens is 1. The maximum absolute atomic E-state index is 12.6. The van der Waals surface area contributed by atoms with Crippen LogP contribution in [-0.2, 0) is 4.79 Å². The third kappa shape index (κ3) is 3.22. The molecular weight excluding hydrogens is 304 g/mol. The van der Waals surface area contributed by atoms with Crippen molar-refractivity contribution in [3.05, 3.63) is 48.7 Å². The van der Waals surface area contributed by atoms with Gasteiger partial charge in [0.05, 0.1) is 11.9 Å². The van der Waals surface area contributed by atoms with Crippen molar-refractivity contribution in [1.82, 2.24) is 4.98 Å². The van der Waals surface area contributed by atoms with Gasteiger partial charge in [0.15, 0.2) is 0 Å². The second-order valence-corrected chi connectivity index (χ2v) is 5.97. The fourth-order valence-corrected chi connectivity index (χ4v) is 2.50. The van der Waals surface area contributed by atoms with Gasteiger partial charge in [-0.25, -0.2) is 9.78 Å². The van der Waals surface area contributed by atoms with Crippen LogP contribution in [-0.4, -0.2) is 30.0 Å². The third-order valence-corrected chi connectivity index (χ3v) is 3.89. The number of carbonyl (C=O) groups is 2. The number of para-hydroxylation sites is 1. The minimum Gasteiger partial charge on any atom is -0.325 e. The van der Waals surface area contributed by atoms with Crippen LogP contribution in [0.4, 0.5) is 22.0 Å². The maximum atomic E-state index is 12.6. The minimum atomic E-state index is -0.0933. The van der Waals surface area contributed by atoms with Crippen LogP contribution in [0.3, 0.4) is 0 Å². The standard InChI is InChI=1S/C18H20N4O2/c1-13(2)17(23)20-14-8-9-16(19-12-14)22-11-10-21(18(22)24)15-6-4-3-5-7-15/h3-9,12-13H,10-11H2,1-2H3,(H,20,23). The van der Waals surface area contributed by atoms with E-state index in [9.17, 15) is 9.59 Å². The monoisotopic (exact) mass is 324 g/mol. The second-order valence-electron chi connectivity index (χ2n) is 5.97. The molecule has 2 heterocycles. The Morgan fingerprint density at radius 2 is 1.79 bits per heavy atom. The van der Waals surface area contributed by atoms with E-state index in [1.165, 1.54) is 0 Å². The van der Waals surface area contributed by atoms with Gasteiger partial charge in [0.1, 0.15) is 5.82 Å². The molecule has 0 bridgehead atoms. The Kier molecular flexibility index (Phi) is 4.46. The van der Waals surface area contributed by atoms with E-state index >= 15 is 0 Å². The number of urea groups is 1. The summed E-state index contributed by atoms with van der Waals surface area (Å²) < 4.78 is 0. The van der Waals surface area contributed by atoms with Crippen molar-refractivity contribution >= 4 is 29.1 Å². The molecule has 0 atom stereocenters. The van der Waals surface area contributed by atoms with Gasteiger partial charge in [-0.15, -0.1) is 0 Å². The van der Waals surface area contributed by atoms with Crippen molar-refractivity contribution in [2.45, 2.75) is 13.8 Å². The zero-order valence-corrected chi connectivity index (χ0v) is 13.8. The normalized spacial score (nSPS) is 14.4. The number of anilines is 3. The van der Waals surface area contributed by atoms with Crippen molar-refractivity contribution in [3.8, 4) is 0 Å². The highest BCUT2D eigenvalue weighted by atomic mass is 16.2. The Morgan fingerprint density at radius 3 is 2.42 bits per heavy atom. The number of rotatable bonds is 4. The number of hydrogen-bond acceptors (Lipinski definition) is 3. The van der Waals surface area contributed by atoms with Gasteiger partial charge < -0.3 is 5.32 Å².